The average molecular weight is 293 g/mol. The zero-order valence-corrected chi connectivity index (χ0v) is 12.7. The molecule has 0 saturated heterocycles. The summed E-state index contributed by atoms with van der Waals surface area (Å²) in [6.45, 7) is 4.29. The lowest BCUT2D eigenvalue weighted by Crippen LogP contribution is -2.35. The van der Waals surface area contributed by atoms with E-state index in [1.54, 1.807) is 7.11 Å². The molecule has 0 bridgehead atoms. The van der Waals surface area contributed by atoms with Gasteiger partial charge in [-0.15, -0.1) is 0 Å². The largest absolute Gasteiger partial charge is 0.497 e. The van der Waals surface area contributed by atoms with Crippen molar-refractivity contribution >= 4 is 5.91 Å². The first-order chi connectivity index (χ1) is 10.2. The van der Waals surface area contributed by atoms with E-state index < -0.39 is 0 Å². The second-order valence-electron chi connectivity index (χ2n) is 5.11. The molecule has 21 heavy (non-hydrogen) atoms. The third kappa shape index (κ3) is 4.63. The van der Waals surface area contributed by atoms with Crippen LogP contribution in [0.1, 0.15) is 18.9 Å². The lowest BCUT2D eigenvalue weighted by atomic mass is 9.96. The highest BCUT2D eigenvalue weighted by atomic mass is 16.5. The number of carbonyl (C=O) groups is 1. The van der Waals surface area contributed by atoms with Gasteiger partial charge in [-0.2, -0.15) is 0 Å². The van der Waals surface area contributed by atoms with Crippen LogP contribution in [0.4, 0.5) is 0 Å². The highest BCUT2D eigenvalue weighted by Crippen LogP contribution is 2.30. The van der Waals surface area contributed by atoms with Crippen molar-refractivity contribution in [1.29, 1.82) is 0 Å². The molecule has 116 valence electrons. The molecule has 0 aliphatic carbocycles. The predicted octanol–water partition coefficient (Wildman–Crippen LogP) is 1.79. The summed E-state index contributed by atoms with van der Waals surface area (Å²) in [5.74, 6) is 2.02. The van der Waals surface area contributed by atoms with E-state index in [1.165, 1.54) is 0 Å². The van der Waals surface area contributed by atoms with Crippen LogP contribution >= 0.6 is 0 Å². The Morgan fingerprint density at radius 2 is 2.33 bits per heavy atom. The highest BCUT2D eigenvalue weighted by Gasteiger charge is 2.20. The lowest BCUT2D eigenvalue weighted by Gasteiger charge is -2.25. The van der Waals surface area contributed by atoms with Crippen LogP contribution in [0.5, 0.6) is 11.5 Å². The van der Waals surface area contributed by atoms with Gasteiger partial charge in [-0.1, -0.05) is 6.07 Å². The Kier molecular flexibility index (Phi) is 5.87. The molecule has 1 N–H and O–H groups in total. The number of methoxy groups -OCH3 is 1. The highest BCUT2D eigenvalue weighted by molar-refractivity contribution is 5.75. The fourth-order valence-electron chi connectivity index (χ4n) is 2.33. The fourth-order valence-corrected chi connectivity index (χ4v) is 2.33. The van der Waals surface area contributed by atoms with Crippen LogP contribution in [0.25, 0.3) is 0 Å². The second kappa shape index (κ2) is 7.88. The Morgan fingerprint density at radius 1 is 1.48 bits per heavy atom. The maximum atomic E-state index is 11.6. The normalized spacial score (nSPS) is 16.8. The van der Waals surface area contributed by atoms with E-state index in [2.05, 4.69) is 5.32 Å². The molecule has 0 radical (unpaired) electrons. The van der Waals surface area contributed by atoms with Crippen molar-refractivity contribution in [1.82, 2.24) is 5.32 Å². The number of benzene rings is 1. The number of rotatable bonds is 7. The van der Waals surface area contributed by atoms with Crippen molar-refractivity contribution in [2.75, 3.05) is 33.5 Å². The van der Waals surface area contributed by atoms with Crippen molar-refractivity contribution in [2.24, 2.45) is 5.92 Å². The first kappa shape index (κ1) is 15.6. The summed E-state index contributed by atoms with van der Waals surface area (Å²) in [4.78, 5) is 11.6. The molecule has 0 unspecified atom stereocenters. The Morgan fingerprint density at radius 3 is 3.10 bits per heavy atom. The van der Waals surface area contributed by atoms with Gasteiger partial charge < -0.3 is 19.5 Å². The van der Waals surface area contributed by atoms with Gasteiger partial charge in [0.15, 0.2) is 0 Å². The number of ether oxygens (including phenoxy) is 3. The minimum Gasteiger partial charge on any atom is -0.497 e. The minimum atomic E-state index is 0.0315. The van der Waals surface area contributed by atoms with Gasteiger partial charge in [-0.25, -0.2) is 0 Å². The summed E-state index contributed by atoms with van der Waals surface area (Å²) in [7, 11) is 1.64. The van der Waals surface area contributed by atoms with Crippen LogP contribution in [0.15, 0.2) is 18.2 Å². The zero-order chi connectivity index (χ0) is 15.1. The number of nitrogens with one attached hydrogen (secondary N) is 1. The standard InChI is InChI=1S/C16H23NO4/c1-3-20-7-6-16(18)17-10-12-8-13-4-5-14(19-2)9-15(13)21-11-12/h4-5,9,12H,3,6-8,10-11H2,1-2H3,(H,17,18)/t12-/m1/s1. The van der Waals surface area contributed by atoms with Gasteiger partial charge in [0, 0.05) is 31.6 Å². The van der Waals surface area contributed by atoms with Crippen molar-refractivity contribution in [2.45, 2.75) is 19.8 Å². The van der Waals surface area contributed by atoms with E-state index >= 15 is 0 Å². The van der Waals surface area contributed by atoms with Crippen molar-refractivity contribution < 1.29 is 19.0 Å². The quantitative estimate of drug-likeness (QED) is 0.779. The molecule has 0 aromatic heterocycles. The first-order valence-electron chi connectivity index (χ1n) is 7.37. The van der Waals surface area contributed by atoms with Gasteiger partial charge >= 0.3 is 0 Å². The Bertz CT molecular complexity index is 475. The molecule has 1 aliphatic heterocycles. The molecule has 0 saturated carbocycles. The maximum absolute atomic E-state index is 11.6. The monoisotopic (exact) mass is 293 g/mol. The SMILES string of the molecule is CCOCCC(=O)NC[C@@H]1COc2cc(OC)ccc2C1. The fraction of sp³-hybridized carbons (Fsp3) is 0.562. The van der Waals surface area contributed by atoms with E-state index in [0.717, 1.165) is 23.5 Å². The van der Waals surface area contributed by atoms with Crippen LogP contribution in [0.3, 0.4) is 0 Å². The molecular formula is C16H23NO4. The maximum Gasteiger partial charge on any atom is 0.222 e. The van der Waals surface area contributed by atoms with E-state index in [-0.39, 0.29) is 5.91 Å². The molecule has 1 aliphatic rings. The summed E-state index contributed by atoms with van der Waals surface area (Å²) < 4.78 is 16.1. The topological polar surface area (TPSA) is 56.8 Å². The molecular weight excluding hydrogens is 270 g/mol. The Hall–Kier alpha value is -1.75. The number of fused-ring (bicyclic) bond motifs is 1. The second-order valence-corrected chi connectivity index (χ2v) is 5.11. The summed E-state index contributed by atoms with van der Waals surface area (Å²) in [6.07, 6.45) is 1.32. The molecule has 0 fully saturated rings. The Labute approximate surface area is 125 Å². The summed E-state index contributed by atoms with van der Waals surface area (Å²) >= 11 is 0. The molecule has 0 spiro atoms. The third-order valence-electron chi connectivity index (χ3n) is 3.52. The molecule has 1 atom stereocenters. The first-order valence-corrected chi connectivity index (χ1v) is 7.37. The van der Waals surface area contributed by atoms with Crippen LogP contribution < -0.4 is 14.8 Å². The minimum absolute atomic E-state index is 0.0315. The van der Waals surface area contributed by atoms with Crippen LogP contribution in [-0.2, 0) is 16.0 Å². The lowest BCUT2D eigenvalue weighted by molar-refractivity contribution is -0.122. The average Bonchev–Trinajstić information content (AvgIpc) is 2.52. The molecule has 1 aromatic rings. The van der Waals surface area contributed by atoms with Gasteiger partial charge in [0.05, 0.1) is 20.3 Å². The summed E-state index contributed by atoms with van der Waals surface area (Å²) in [5, 5.41) is 2.94. The van der Waals surface area contributed by atoms with Gasteiger partial charge in [0.25, 0.3) is 0 Å². The molecule has 5 nitrogen and oxygen atoms in total. The molecule has 2 rings (SSSR count). The van der Waals surface area contributed by atoms with Crippen molar-refractivity contribution in [3.8, 4) is 11.5 Å². The number of amides is 1. The Balaban J connectivity index is 1.78. The molecule has 1 amide bonds. The number of hydrogen-bond acceptors (Lipinski definition) is 4. The smallest absolute Gasteiger partial charge is 0.222 e. The molecule has 1 aromatic carbocycles. The number of hydrogen-bond donors (Lipinski definition) is 1. The van der Waals surface area contributed by atoms with Gasteiger partial charge in [-0.3, -0.25) is 4.79 Å². The van der Waals surface area contributed by atoms with E-state index in [0.29, 0.717) is 38.7 Å². The van der Waals surface area contributed by atoms with Gasteiger partial charge in [0.1, 0.15) is 11.5 Å². The van der Waals surface area contributed by atoms with Crippen LogP contribution in [-0.4, -0.2) is 39.4 Å². The van der Waals surface area contributed by atoms with Crippen molar-refractivity contribution in [3.63, 3.8) is 0 Å². The molecule has 1 heterocycles. The summed E-state index contributed by atoms with van der Waals surface area (Å²) in [6, 6.07) is 5.87. The molecule has 5 heteroatoms. The third-order valence-corrected chi connectivity index (χ3v) is 3.52. The zero-order valence-electron chi connectivity index (χ0n) is 12.7. The predicted molar refractivity (Wildman–Crippen MR) is 79.8 cm³/mol. The van der Waals surface area contributed by atoms with Crippen molar-refractivity contribution in [3.05, 3.63) is 23.8 Å². The van der Waals surface area contributed by atoms with E-state index in [1.807, 2.05) is 25.1 Å². The van der Waals surface area contributed by atoms with Gasteiger partial charge in [-0.05, 0) is 25.0 Å². The van der Waals surface area contributed by atoms with Crippen LogP contribution in [0, 0.1) is 5.92 Å². The van der Waals surface area contributed by atoms with E-state index in [9.17, 15) is 4.79 Å². The van der Waals surface area contributed by atoms with E-state index in [4.69, 9.17) is 14.2 Å². The number of carbonyl (C=O) groups excluding carboxylic acids is 1. The summed E-state index contributed by atoms with van der Waals surface area (Å²) in [5.41, 5.74) is 1.16. The van der Waals surface area contributed by atoms with Crippen LogP contribution in [0.2, 0.25) is 0 Å². The van der Waals surface area contributed by atoms with Gasteiger partial charge in [0.2, 0.25) is 5.91 Å².